The van der Waals surface area contributed by atoms with Crippen LogP contribution < -0.4 is 15.4 Å². The second kappa shape index (κ2) is 9.55. The molecule has 2 atom stereocenters. The molecule has 0 aliphatic carbocycles. The largest absolute Gasteiger partial charge is 0.497 e. The maximum atomic E-state index is 12.6. The standard InChI is InChI=1S/C22H30N4O4S/c1-14-12-19(31-25-14)24-20(27)23-18-10-11-26(21(28)30-22(2,3)4)13-17(18)15-6-8-16(29-5)9-7-15/h6-9,12,17-18H,10-11,13H2,1-5H3,(H2,23,24,27). The normalized spacial score (nSPS) is 18.9. The van der Waals surface area contributed by atoms with E-state index in [1.54, 1.807) is 12.0 Å². The first-order valence-corrected chi connectivity index (χ1v) is 11.0. The number of likely N-dealkylation sites (tertiary alicyclic amines) is 1. The first kappa shape index (κ1) is 22.9. The molecule has 1 aliphatic rings. The molecule has 1 saturated heterocycles. The van der Waals surface area contributed by atoms with Gasteiger partial charge in [-0.3, -0.25) is 5.32 Å². The predicted octanol–water partition coefficient (Wildman–Crippen LogP) is 4.37. The van der Waals surface area contributed by atoms with Gasteiger partial charge in [-0.25, -0.2) is 9.59 Å². The van der Waals surface area contributed by atoms with E-state index in [1.165, 1.54) is 11.5 Å². The average Bonchev–Trinajstić information content (AvgIpc) is 3.11. The third-order valence-corrected chi connectivity index (χ3v) is 5.79. The van der Waals surface area contributed by atoms with Crippen LogP contribution in [0.15, 0.2) is 30.3 Å². The van der Waals surface area contributed by atoms with Gasteiger partial charge in [-0.2, -0.15) is 4.37 Å². The number of methoxy groups -OCH3 is 1. The van der Waals surface area contributed by atoms with Gasteiger partial charge in [-0.15, -0.1) is 0 Å². The number of piperidine rings is 1. The zero-order chi connectivity index (χ0) is 22.6. The van der Waals surface area contributed by atoms with E-state index in [9.17, 15) is 9.59 Å². The Kier molecular flexibility index (Phi) is 7.04. The Hall–Kier alpha value is -2.81. The third-order valence-electron chi connectivity index (χ3n) is 4.99. The van der Waals surface area contributed by atoms with Crippen LogP contribution in [0.3, 0.4) is 0 Å². The third kappa shape index (κ3) is 6.33. The van der Waals surface area contributed by atoms with Gasteiger partial charge < -0.3 is 19.7 Å². The van der Waals surface area contributed by atoms with Crippen LogP contribution in [0, 0.1) is 6.92 Å². The molecule has 1 fully saturated rings. The smallest absolute Gasteiger partial charge is 0.410 e. The first-order chi connectivity index (χ1) is 14.6. The van der Waals surface area contributed by atoms with Crippen LogP contribution in [0.4, 0.5) is 14.6 Å². The lowest BCUT2D eigenvalue weighted by molar-refractivity contribution is 0.0180. The Labute approximate surface area is 187 Å². The zero-order valence-electron chi connectivity index (χ0n) is 18.6. The van der Waals surface area contributed by atoms with Gasteiger partial charge in [0.25, 0.3) is 0 Å². The summed E-state index contributed by atoms with van der Waals surface area (Å²) in [5.41, 5.74) is 1.32. The number of carbonyl (C=O) groups is 2. The molecule has 0 radical (unpaired) electrons. The van der Waals surface area contributed by atoms with E-state index in [-0.39, 0.29) is 24.1 Å². The number of anilines is 1. The molecular formula is C22H30N4O4S. The van der Waals surface area contributed by atoms with Crippen LogP contribution in [0.5, 0.6) is 5.75 Å². The van der Waals surface area contributed by atoms with E-state index in [2.05, 4.69) is 15.0 Å². The minimum Gasteiger partial charge on any atom is -0.497 e. The van der Waals surface area contributed by atoms with Crippen molar-refractivity contribution in [3.05, 3.63) is 41.6 Å². The van der Waals surface area contributed by atoms with Gasteiger partial charge in [0.15, 0.2) is 0 Å². The number of amides is 3. The van der Waals surface area contributed by atoms with Gasteiger partial charge >= 0.3 is 12.1 Å². The number of aromatic nitrogens is 1. The number of hydrogen-bond donors (Lipinski definition) is 2. The number of nitrogens with zero attached hydrogens (tertiary/aromatic N) is 2. The number of rotatable bonds is 4. The van der Waals surface area contributed by atoms with Gasteiger partial charge in [0.1, 0.15) is 16.4 Å². The van der Waals surface area contributed by atoms with Crippen LogP contribution in [0.2, 0.25) is 0 Å². The summed E-state index contributed by atoms with van der Waals surface area (Å²) < 4.78 is 15.0. The van der Waals surface area contributed by atoms with E-state index in [1.807, 2.05) is 58.0 Å². The van der Waals surface area contributed by atoms with Gasteiger partial charge in [-0.05, 0) is 69.4 Å². The Bertz CT molecular complexity index is 907. The number of carbonyl (C=O) groups excluding carboxylic acids is 2. The molecule has 3 rings (SSSR count). The molecule has 9 heteroatoms. The second-order valence-electron chi connectivity index (χ2n) is 8.63. The number of nitrogens with one attached hydrogen (secondary N) is 2. The Morgan fingerprint density at radius 3 is 2.52 bits per heavy atom. The summed E-state index contributed by atoms with van der Waals surface area (Å²) in [5.74, 6) is 0.674. The van der Waals surface area contributed by atoms with E-state index < -0.39 is 5.60 Å². The molecule has 0 bridgehead atoms. The number of hydrogen-bond acceptors (Lipinski definition) is 6. The number of ether oxygens (including phenoxy) is 2. The van der Waals surface area contributed by atoms with Gasteiger partial charge in [0, 0.05) is 25.0 Å². The average molecular weight is 447 g/mol. The molecule has 2 aromatic rings. The van der Waals surface area contributed by atoms with Crippen molar-refractivity contribution in [3.63, 3.8) is 0 Å². The molecule has 2 unspecified atom stereocenters. The molecule has 2 N–H and O–H groups in total. The van der Waals surface area contributed by atoms with Crippen molar-refractivity contribution >= 4 is 28.7 Å². The van der Waals surface area contributed by atoms with E-state index >= 15 is 0 Å². The lowest BCUT2D eigenvalue weighted by Crippen LogP contribution is -2.52. The lowest BCUT2D eigenvalue weighted by atomic mass is 9.86. The van der Waals surface area contributed by atoms with Crippen molar-refractivity contribution in [3.8, 4) is 5.75 Å². The van der Waals surface area contributed by atoms with Crippen molar-refractivity contribution < 1.29 is 19.1 Å². The van der Waals surface area contributed by atoms with Crippen LogP contribution in [-0.2, 0) is 4.74 Å². The summed E-state index contributed by atoms with van der Waals surface area (Å²) in [4.78, 5) is 27.0. The fourth-order valence-electron chi connectivity index (χ4n) is 3.54. The highest BCUT2D eigenvalue weighted by atomic mass is 32.1. The van der Waals surface area contributed by atoms with Crippen molar-refractivity contribution in [1.29, 1.82) is 0 Å². The Morgan fingerprint density at radius 1 is 1.23 bits per heavy atom. The van der Waals surface area contributed by atoms with E-state index in [0.29, 0.717) is 24.5 Å². The Morgan fingerprint density at radius 2 is 1.94 bits per heavy atom. The summed E-state index contributed by atoms with van der Waals surface area (Å²) in [6, 6.07) is 9.13. The highest BCUT2D eigenvalue weighted by molar-refractivity contribution is 7.10. The molecule has 0 saturated carbocycles. The molecule has 0 spiro atoms. The van der Waals surface area contributed by atoms with Gasteiger partial charge in [-0.1, -0.05) is 12.1 Å². The van der Waals surface area contributed by atoms with Crippen molar-refractivity contribution in [1.82, 2.24) is 14.6 Å². The first-order valence-electron chi connectivity index (χ1n) is 10.3. The Balaban J connectivity index is 1.74. The fourth-order valence-corrected chi connectivity index (χ4v) is 4.20. The SMILES string of the molecule is COc1ccc(C2CN(C(=O)OC(C)(C)C)CCC2NC(=O)Nc2cc(C)ns2)cc1. The van der Waals surface area contributed by atoms with Crippen LogP contribution in [-0.4, -0.2) is 53.2 Å². The summed E-state index contributed by atoms with van der Waals surface area (Å²) in [7, 11) is 1.62. The highest BCUT2D eigenvalue weighted by Crippen LogP contribution is 2.30. The van der Waals surface area contributed by atoms with Crippen molar-refractivity contribution in [2.45, 2.75) is 51.7 Å². The minimum atomic E-state index is -0.561. The zero-order valence-corrected chi connectivity index (χ0v) is 19.4. The molecule has 2 heterocycles. The fraction of sp³-hybridized carbons (Fsp3) is 0.500. The number of urea groups is 1. The quantitative estimate of drug-likeness (QED) is 0.727. The summed E-state index contributed by atoms with van der Waals surface area (Å²) >= 11 is 1.25. The number of aryl methyl sites for hydroxylation is 1. The molecular weight excluding hydrogens is 416 g/mol. The van der Waals surface area contributed by atoms with E-state index in [0.717, 1.165) is 17.0 Å². The van der Waals surface area contributed by atoms with Crippen LogP contribution in [0.25, 0.3) is 0 Å². The molecule has 1 aromatic carbocycles. The maximum Gasteiger partial charge on any atom is 0.410 e. The predicted molar refractivity (Wildman–Crippen MR) is 121 cm³/mol. The topological polar surface area (TPSA) is 92.8 Å². The number of benzene rings is 1. The minimum absolute atomic E-state index is 0.0823. The molecule has 3 amide bonds. The second-order valence-corrected chi connectivity index (χ2v) is 9.44. The molecule has 31 heavy (non-hydrogen) atoms. The monoisotopic (exact) mass is 446 g/mol. The van der Waals surface area contributed by atoms with Crippen LogP contribution >= 0.6 is 11.5 Å². The van der Waals surface area contributed by atoms with Gasteiger partial charge in [0.05, 0.1) is 12.8 Å². The maximum absolute atomic E-state index is 12.6. The summed E-state index contributed by atoms with van der Waals surface area (Å²) in [6.07, 6.45) is 0.277. The van der Waals surface area contributed by atoms with Crippen molar-refractivity contribution in [2.24, 2.45) is 0 Å². The molecule has 1 aliphatic heterocycles. The molecule has 8 nitrogen and oxygen atoms in total. The molecule has 168 valence electrons. The summed E-state index contributed by atoms with van der Waals surface area (Å²) in [5, 5.41) is 6.62. The van der Waals surface area contributed by atoms with Crippen LogP contribution in [0.1, 0.15) is 44.4 Å². The van der Waals surface area contributed by atoms with Crippen molar-refractivity contribution in [2.75, 3.05) is 25.5 Å². The van der Waals surface area contributed by atoms with E-state index in [4.69, 9.17) is 9.47 Å². The summed E-state index contributed by atoms with van der Waals surface area (Å²) in [6.45, 7) is 8.40. The molecule has 1 aromatic heterocycles. The highest BCUT2D eigenvalue weighted by Gasteiger charge is 2.35. The lowest BCUT2D eigenvalue weighted by Gasteiger charge is -2.39. The van der Waals surface area contributed by atoms with Gasteiger partial charge in [0.2, 0.25) is 0 Å².